The third kappa shape index (κ3) is 2.46. The van der Waals surface area contributed by atoms with Crippen LogP contribution in [0.3, 0.4) is 0 Å². The topological polar surface area (TPSA) is 70.3 Å². The lowest BCUT2D eigenvalue weighted by Gasteiger charge is -2.13. The highest BCUT2D eigenvalue weighted by Crippen LogP contribution is 2.04. The van der Waals surface area contributed by atoms with Crippen LogP contribution in [0, 0.1) is 0 Å². The Bertz CT molecular complexity index is 554. The maximum atomic E-state index is 11.8. The fourth-order valence-corrected chi connectivity index (χ4v) is 1.66. The van der Waals surface area contributed by atoms with Crippen LogP contribution in [-0.4, -0.2) is 15.1 Å². The highest BCUT2D eigenvalue weighted by Gasteiger charge is 2.14. The molecule has 0 aromatic carbocycles. The zero-order chi connectivity index (χ0) is 13.2. The second-order valence-corrected chi connectivity index (χ2v) is 3.76. The van der Waals surface area contributed by atoms with Crippen molar-refractivity contribution in [2.75, 3.05) is 0 Å². The summed E-state index contributed by atoms with van der Waals surface area (Å²) in [5.41, 5.74) is 0.193. The summed E-state index contributed by atoms with van der Waals surface area (Å²) in [6, 6.07) is 0. The molecule has 94 valence electrons. The van der Waals surface area contributed by atoms with E-state index in [1.54, 1.807) is 7.05 Å². The number of carbonyl (C=O) groups is 1. The van der Waals surface area contributed by atoms with Gasteiger partial charge in [0.1, 0.15) is 6.61 Å². The Kier molecular flexibility index (Phi) is 3.88. The Morgan fingerprint density at radius 2 is 1.82 bits per heavy atom. The number of ether oxygens (including phenoxy) is 1. The zero-order valence-electron chi connectivity index (χ0n) is 10.4. The van der Waals surface area contributed by atoms with Gasteiger partial charge in [-0.15, -0.1) is 0 Å². The van der Waals surface area contributed by atoms with Crippen molar-refractivity contribution in [1.82, 2.24) is 9.13 Å². The van der Waals surface area contributed by atoms with Gasteiger partial charge in [0.2, 0.25) is 0 Å². The molecule has 0 aliphatic rings. The molecule has 0 N–H and O–H groups in total. The lowest BCUT2D eigenvalue weighted by molar-refractivity contribution is -0.142. The van der Waals surface area contributed by atoms with Gasteiger partial charge in [0.25, 0.3) is 5.56 Å². The Balaban J connectivity index is 3.42. The minimum absolute atomic E-state index is 0.0552. The number of hydrogen-bond donors (Lipinski definition) is 0. The predicted molar refractivity (Wildman–Crippen MR) is 61.8 cm³/mol. The monoisotopic (exact) mass is 240 g/mol. The van der Waals surface area contributed by atoms with Crippen LogP contribution in [0.1, 0.15) is 25.1 Å². The van der Waals surface area contributed by atoms with Gasteiger partial charge in [0.05, 0.1) is 5.69 Å². The maximum Gasteiger partial charge on any atom is 0.330 e. The summed E-state index contributed by atoms with van der Waals surface area (Å²) in [5, 5.41) is 0. The van der Waals surface area contributed by atoms with Gasteiger partial charge in [0.15, 0.2) is 0 Å². The van der Waals surface area contributed by atoms with Gasteiger partial charge in [-0.1, -0.05) is 6.92 Å². The Hall–Kier alpha value is -1.85. The van der Waals surface area contributed by atoms with Crippen molar-refractivity contribution in [3.05, 3.63) is 32.1 Å². The molecule has 0 unspecified atom stereocenters. The lowest BCUT2D eigenvalue weighted by atomic mass is 10.2. The second kappa shape index (κ2) is 4.99. The molecule has 1 heterocycles. The van der Waals surface area contributed by atoms with E-state index in [9.17, 15) is 14.4 Å². The van der Waals surface area contributed by atoms with Gasteiger partial charge in [0, 0.05) is 26.6 Å². The molecule has 0 aliphatic heterocycles. The molecule has 17 heavy (non-hydrogen) atoms. The molecule has 0 spiro atoms. The summed E-state index contributed by atoms with van der Waals surface area (Å²) in [6.07, 6.45) is 0.484. The number of esters is 1. The van der Waals surface area contributed by atoms with Crippen LogP contribution in [0.5, 0.6) is 0 Å². The molecule has 0 amide bonds. The largest absolute Gasteiger partial charge is 0.459 e. The summed E-state index contributed by atoms with van der Waals surface area (Å²) in [5.74, 6) is -0.444. The summed E-state index contributed by atoms with van der Waals surface area (Å²) in [7, 11) is 2.99. The number of hydrogen-bond acceptors (Lipinski definition) is 4. The van der Waals surface area contributed by atoms with E-state index in [2.05, 4.69) is 0 Å². The number of rotatable bonds is 3. The van der Waals surface area contributed by atoms with E-state index < -0.39 is 11.7 Å². The average Bonchev–Trinajstić information content (AvgIpc) is 2.29. The van der Waals surface area contributed by atoms with Gasteiger partial charge in [-0.3, -0.25) is 18.7 Å². The third-order valence-electron chi connectivity index (χ3n) is 2.66. The van der Waals surface area contributed by atoms with Crippen molar-refractivity contribution in [3.8, 4) is 0 Å². The van der Waals surface area contributed by atoms with E-state index in [1.807, 2.05) is 6.92 Å². The van der Waals surface area contributed by atoms with Gasteiger partial charge in [-0.2, -0.15) is 0 Å². The number of aromatic nitrogens is 2. The molecular weight excluding hydrogens is 224 g/mol. The Morgan fingerprint density at radius 1 is 1.24 bits per heavy atom. The molecule has 0 saturated heterocycles. The van der Waals surface area contributed by atoms with Crippen molar-refractivity contribution in [2.24, 2.45) is 14.1 Å². The minimum Gasteiger partial charge on any atom is -0.459 e. The molecule has 1 aromatic heterocycles. The van der Waals surface area contributed by atoms with E-state index >= 15 is 0 Å². The van der Waals surface area contributed by atoms with Crippen LogP contribution in [0.4, 0.5) is 0 Å². The summed E-state index contributed by atoms with van der Waals surface area (Å²) in [6.45, 7) is 3.05. The molecule has 0 aliphatic carbocycles. The summed E-state index contributed by atoms with van der Waals surface area (Å²) < 4.78 is 7.24. The van der Waals surface area contributed by atoms with Crippen LogP contribution in [-0.2, 0) is 36.7 Å². The van der Waals surface area contributed by atoms with E-state index in [4.69, 9.17) is 4.74 Å². The Labute approximate surface area is 98.4 Å². The number of carbonyl (C=O) groups excluding carboxylic acids is 1. The van der Waals surface area contributed by atoms with E-state index in [-0.39, 0.29) is 12.2 Å². The molecular formula is C11H16N2O4. The molecule has 6 nitrogen and oxygen atoms in total. The quantitative estimate of drug-likeness (QED) is 0.681. The van der Waals surface area contributed by atoms with Crippen molar-refractivity contribution in [3.63, 3.8) is 0 Å². The normalized spacial score (nSPS) is 10.4. The second-order valence-electron chi connectivity index (χ2n) is 3.76. The van der Waals surface area contributed by atoms with Crippen molar-refractivity contribution in [1.29, 1.82) is 0 Å². The zero-order valence-corrected chi connectivity index (χ0v) is 10.4. The maximum absolute atomic E-state index is 11.8. The first kappa shape index (κ1) is 13.2. The van der Waals surface area contributed by atoms with E-state index in [0.717, 1.165) is 4.57 Å². The molecule has 0 radical (unpaired) electrons. The highest BCUT2D eigenvalue weighted by atomic mass is 16.5. The molecule has 1 rings (SSSR count). The molecule has 1 aromatic rings. The molecule has 0 fully saturated rings. The molecule has 0 saturated carbocycles. The first-order valence-electron chi connectivity index (χ1n) is 5.31. The van der Waals surface area contributed by atoms with Gasteiger partial charge < -0.3 is 4.74 Å². The van der Waals surface area contributed by atoms with Gasteiger partial charge in [-0.05, 0) is 6.42 Å². The van der Waals surface area contributed by atoms with Crippen molar-refractivity contribution < 1.29 is 9.53 Å². The van der Waals surface area contributed by atoms with Crippen LogP contribution >= 0.6 is 0 Å². The summed E-state index contributed by atoms with van der Waals surface area (Å²) in [4.78, 5) is 34.3. The molecule has 0 bridgehead atoms. The van der Waals surface area contributed by atoms with Crippen molar-refractivity contribution >= 4 is 5.97 Å². The first-order valence-corrected chi connectivity index (χ1v) is 5.31. The smallest absolute Gasteiger partial charge is 0.330 e. The van der Waals surface area contributed by atoms with Crippen LogP contribution in [0.15, 0.2) is 9.59 Å². The minimum atomic E-state index is -0.444. The Morgan fingerprint density at radius 3 is 2.29 bits per heavy atom. The standard InChI is InChI=1S/C11H16N2O4/c1-5-8-9(6-17-7(2)14)12(3)11(16)13(4)10(8)15/h5-6H2,1-4H3. The average molecular weight is 240 g/mol. The summed E-state index contributed by atoms with van der Waals surface area (Å²) >= 11 is 0. The first-order chi connectivity index (χ1) is 7.90. The van der Waals surface area contributed by atoms with Crippen molar-refractivity contribution in [2.45, 2.75) is 26.9 Å². The van der Waals surface area contributed by atoms with E-state index in [1.165, 1.54) is 18.5 Å². The van der Waals surface area contributed by atoms with Gasteiger partial charge >= 0.3 is 11.7 Å². The van der Waals surface area contributed by atoms with Crippen LogP contribution in [0.2, 0.25) is 0 Å². The fourth-order valence-electron chi connectivity index (χ4n) is 1.66. The van der Waals surface area contributed by atoms with Gasteiger partial charge in [-0.25, -0.2) is 4.79 Å². The van der Waals surface area contributed by atoms with Crippen LogP contribution < -0.4 is 11.2 Å². The third-order valence-corrected chi connectivity index (χ3v) is 2.66. The number of nitrogens with zero attached hydrogens (tertiary/aromatic N) is 2. The van der Waals surface area contributed by atoms with Crippen LogP contribution in [0.25, 0.3) is 0 Å². The molecule has 6 heteroatoms. The predicted octanol–water partition coefficient (Wildman–Crippen LogP) is -0.291. The lowest BCUT2D eigenvalue weighted by Crippen LogP contribution is -2.41. The fraction of sp³-hybridized carbons (Fsp3) is 0.545. The SMILES string of the molecule is CCc1c(COC(C)=O)n(C)c(=O)n(C)c1=O. The van der Waals surface area contributed by atoms with E-state index in [0.29, 0.717) is 17.7 Å². The highest BCUT2D eigenvalue weighted by molar-refractivity contribution is 5.65. The molecule has 0 atom stereocenters.